The summed E-state index contributed by atoms with van der Waals surface area (Å²) < 4.78 is 25.4. The lowest BCUT2D eigenvalue weighted by molar-refractivity contribution is -0.145. The SMILES string of the molecule is CC(=O)OC(C)CN[C@@H](Cc1ccc(OC(=O)OCC(C)C)c(OC(=O)OCC(C)C)c1)C(=O)O. The number of hydrogen-bond acceptors (Lipinski definition) is 10. The van der Waals surface area contributed by atoms with Gasteiger partial charge in [-0.15, -0.1) is 0 Å². The van der Waals surface area contributed by atoms with Crippen LogP contribution in [0.1, 0.15) is 47.1 Å². The van der Waals surface area contributed by atoms with Gasteiger partial charge >= 0.3 is 24.2 Å². The number of carboxylic acids is 1. The standard InChI is InChI=1S/C24H35NO10/c1-14(2)12-31-23(29)34-20-8-7-18(10-21(20)35-24(30)32-13-15(3)4)9-19(22(27)28)25-11-16(5)33-17(6)26/h7-8,10,14-16,19,25H,9,11-13H2,1-6H3,(H,27,28)/t16?,19-/m0/s1. The maximum atomic E-state index is 12.1. The van der Waals surface area contributed by atoms with Crippen molar-refractivity contribution in [2.45, 2.75) is 60.1 Å². The monoisotopic (exact) mass is 497 g/mol. The second kappa shape index (κ2) is 14.8. The molecule has 2 atom stereocenters. The molecule has 0 spiro atoms. The highest BCUT2D eigenvalue weighted by Crippen LogP contribution is 2.30. The normalized spacial score (nSPS) is 12.6. The molecule has 0 aromatic heterocycles. The molecule has 1 rings (SSSR count). The van der Waals surface area contributed by atoms with Crippen LogP contribution in [0.25, 0.3) is 0 Å². The summed E-state index contributed by atoms with van der Waals surface area (Å²) in [4.78, 5) is 46.9. The maximum absolute atomic E-state index is 12.1. The fourth-order valence-corrected chi connectivity index (χ4v) is 2.67. The van der Waals surface area contributed by atoms with E-state index >= 15 is 0 Å². The van der Waals surface area contributed by atoms with Crippen molar-refractivity contribution < 1.29 is 48.0 Å². The van der Waals surface area contributed by atoms with Crippen molar-refractivity contribution in [1.82, 2.24) is 5.32 Å². The number of ether oxygens (including phenoxy) is 5. The largest absolute Gasteiger partial charge is 0.513 e. The van der Waals surface area contributed by atoms with Crippen molar-refractivity contribution in [3.05, 3.63) is 23.8 Å². The number of carboxylic acid groups (broad SMARTS) is 1. The molecule has 11 nitrogen and oxygen atoms in total. The second-order valence-electron chi connectivity index (χ2n) is 8.82. The molecule has 0 fully saturated rings. The highest BCUT2D eigenvalue weighted by molar-refractivity contribution is 5.74. The molecule has 0 heterocycles. The van der Waals surface area contributed by atoms with Gasteiger partial charge in [-0.05, 0) is 42.9 Å². The Bertz CT molecular complexity index is 868. The fraction of sp³-hybridized carbons (Fsp3) is 0.583. The Morgan fingerprint density at radius 1 is 0.886 bits per heavy atom. The van der Waals surface area contributed by atoms with Gasteiger partial charge in [-0.3, -0.25) is 9.59 Å². The van der Waals surface area contributed by atoms with Crippen LogP contribution < -0.4 is 14.8 Å². The van der Waals surface area contributed by atoms with E-state index in [2.05, 4.69) is 5.32 Å². The molecule has 0 aliphatic heterocycles. The van der Waals surface area contributed by atoms with E-state index in [-0.39, 0.29) is 49.5 Å². The first-order valence-corrected chi connectivity index (χ1v) is 11.3. The molecule has 2 N–H and O–H groups in total. The summed E-state index contributed by atoms with van der Waals surface area (Å²) in [5, 5.41) is 12.4. The van der Waals surface area contributed by atoms with Crippen molar-refractivity contribution >= 4 is 24.2 Å². The molecule has 196 valence electrons. The molecule has 0 amide bonds. The van der Waals surface area contributed by atoms with Crippen LogP contribution >= 0.6 is 0 Å². The number of carbonyl (C=O) groups excluding carboxylic acids is 3. The van der Waals surface area contributed by atoms with Gasteiger partial charge in [-0.1, -0.05) is 33.8 Å². The van der Waals surface area contributed by atoms with Gasteiger partial charge in [-0.2, -0.15) is 0 Å². The molecule has 0 saturated carbocycles. The number of rotatable bonds is 13. The number of hydrogen-bond donors (Lipinski definition) is 2. The summed E-state index contributed by atoms with van der Waals surface area (Å²) in [6.07, 6.45) is -2.51. The van der Waals surface area contributed by atoms with E-state index in [1.54, 1.807) is 6.92 Å². The van der Waals surface area contributed by atoms with Crippen LogP contribution in [-0.4, -0.2) is 61.3 Å². The molecule has 1 aromatic carbocycles. The molecule has 1 aromatic rings. The molecule has 35 heavy (non-hydrogen) atoms. The summed E-state index contributed by atoms with van der Waals surface area (Å²) in [6.45, 7) is 10.7. The van der Waals surface area contributed by atoms with E-state index in [1.807, 2.05) is 27.7 Å². The number of aliphatic carboxylic acids is 1. The van der Waals surface area contributed by atoms with Gasteiger partial charge in [0, 0.05) is 13.5 Å². The van der Waals surface area contributed by atoms with Crippen LogP contribution in [0, 0.1) is 11.8 Å². The lowest BCUT2D eigenvalue weighted by atomic mass is 10.0. The van der Waals surface area contributed by atoms with Crippen molar-refractivity contribution in [2.75, 3.05) is 19.8 Å². The van der Waals surface area contributed by atoms with Crippen molar-refractivity contribution in [2.24, 2.45) is 11.8 Å². The van der Waals surface area contributed by atoms with E-state index in [9.17, 15) is 24.3 Å². The van der Waals surface area contributed by atoms with Crippen molar-refractivity contribution in [1.29, 1.82) is 0 Å². The molecule has 0 aliphatic rings. The van der Waals surface area contributed by atoms with E-state index in [0.29, 0.717) is 5.56 Å². The Morgan fingerprint density at radius 2 is 1.43 bits per heavy atom. The molecule has 0 bridgehead atoms. The topological polar surface area (TPSA) is 147 Å². The van der Waals surface area contributed by atoms with E-state index in [1.165, 1.54) is 25.1 Å². The van der Waals surface area contributed by atoms with Crippen LogP contribution in [0.4, 0.5) is 9.59 Å². The zero-order valence-corrected chi connectivity index (χ0v) is 21.0. The van der Waals surface area contributed by atoms with Gasteiger partial charge in [0.15, 0.2) is 11.5 Å². The van der Waals surface area contributed by atoms with Crippen LogP contribution in [0.3, 0.4) is 0 Å². The Morgan fingerprint density at radius 3 is 1.91 bits per heavy atom. The number of benzene rings is 1. The Kier molecular flexibility index (Phi) is 12.6. The van der Waals surface area contributed by atoms with Gasteiger partial charge in [0.05, 0.1) is 13.2 Å². The van der Waals surface area contributed by atoms with Crippen LogP contribution in [0.15, 0.2) is 18.2 Å². The minimum atomic E-state index is -1.13. The first-order valence-electron chi connectivity index (χ1n) is 11.3. The minimum absolute atomic E-state index is 0.00238. The lowest BCUT2D eigenvalue weighted by Gasteiger charge is -2.19. The summed E-state index contributed by atoms with van der Waals surface area (Å²) in [5.74, 6) is -1.65. The zero-order chi connectivity index (χ0) is 26.5. The molecular weight excluding hydrogens is 462 g/mol. The lowest BCUT2D eigenvalue weighted by Crippen LogP contribution is -2.42. The maximum Gasteiger partial charge on any atom is 0.513 e. The highest BCUT2D eigenvalue weighted by Gasteiger charge is 2.22. The molecule has 0 radical (unpaired) electrons. The third-order valence-electron chi connectivity index (χ3n) is 4.22. The highest BCUT2D eigenvalue weighted by atomic mass is 16.7. The summed E-state index contributed by atoms with van der Waals surface area (Å²) in [6, 6.07) is 3.26. The third kappa shape index (κ3) is 12.6. The Balaban J connectivity index is 3.03. The fourth-order valence-electron chi connectivity index (χ4n) is 2.67. The van der Waals surface area contributed by atoms with Gasteiger partial charge in [-0.25, -0.2) is 9.59 Å². The quantitative estimate of drug-likeness (QED) is 0.234. The average molecular weight is 498 g/mol. The molecule has 0 aliphatic carbocycles. The van der Waals surface area contributed by atoms with E-state index in [4.69, 9.17) is 23.7 Å². The predicted octanol–water partition coefficient (Wildman–Crippen LogP) is 3.57. The smallest absolute Gasteiger partial charge is 0.480 e. The summed E-state index contributed by atoms with van der Waals surface area (Å²) >= 11 is 0. The number of nitrogens with one attached hydrogen (secondary N) is 1. The molecule has 1 unspecified atom stereocenters. The average Bonchev–Trinajstić information content (AvgIpc) is 2.74. The number of esters is 1. The van der Waals surface area contributed by atoms with Gasteiger partial charge in [0.2, 0.25) is 0 Å². The summed E-state index contributed by atoms with van der Waals surface area (Å²) in [7, 11) is 0. The van der Waals surface area contributed by atoms with E-state index in [0.717, 1.165) is 0 Å². The minimum Gasteiger partial charge on any atom is -0.480 e. The second-order valence-corrected chi connectivity index (χ2v) is 8.82. The first-order chi connectivity index (χ1) is 16.4. The predicted molar refractivity (Wildman–Crippen MR) is 124 cm³/mol. The molecule has 0 saturated heterocycles. The van der Waals surface area contributed by atoms with E-state index < -0.39 is 36.4 Å². The van der Waals surface area contributed by atoms with Crippen molar-refractivity contribution in [3.63, 3.8) is 0 Å². The van der Waals surface area contributed by atoms with Gasteiger partial charge < -0.3 is 34.1 Å². The van der Waals surface area contributed by atoms with Crippen LogP contribution in [0.2, 0.25) is 0 Å². The van der Waals surface area contributed by atoms with Crippen LogP contribution in [0.5, 0.6) is 11.5 Å². The Labute approximate surface area is 205 Å². The number of carbonyl (C=O) groups is 4. The Hall–Kier alpha value is -3.34. The zero-order valence-electron chi connectivity index (χ0n) is 21.0. The van der Waals surface area contributed by atoms with Gasteiger partial charge in [0.25, 0.3) is 0 Å². The summed E-state index contributed by atoms with van der Waals surface area (Å²) in [5.41, 5.74) is 0.472. The van der Waals surface area contributed by atoms with Gasteiger partial charge in [0.1, 0.15) is 12.1 Å². The third-order valence-corrected chi connectivity index (χ3v) is 4.22. The van der Waals surface area contributed by atoms with Crippen molar-refractivity contribution in [3.8, 4) is 11.5 Å². The molecular formula is C24H35NO10. The molecule has 11 heteroatoms. The first kappa shape index (κ1) is 29.7. The van der Waals surface area contributed by atoms with Crippen LogP contribution in [-0.2, 0) is 30.2 Å².